The number of carbonyl (C=O) groups is 2. The number of hydrogen-bond acceptors (Lipinski definition) is 6. The standard InChI is InChI=1S/C14H9N5O4/c20-13(21)9-4-12(10-6-17-11(7-16-10)14(22)23)19(18-9)8-2-1-3-15-5-8/h1-7H,(H,20,21)(H,22,23). The summed E-state index contributed by atoms with van der Waals surface area (Å²) in [5.74, 6) is -2.39. The molecule has 0 amide bonds. The lowest BCUT2D eigenvalue weighted by molar-refractivity contribution is 0.0679. The van der Waals surface area contributed by atoms with Gasteiger partial charge in [-0.2, -0.15) is 5.10 Å². The van der Waals surface area contributed by atoms with E-state index < -0.39 is 11.9 Å². The Morgan fingerprint density at radius 2 is 1.78 bits per heavy atom. The van der Waals surface area contributed by atoms with Gasteiger partial charge in [0.1, 0.15) is 5.69 Å². The van der Waals surface area contributed by atoms with Crippen LogP contribution in [0.5, 0.6) is 0 Å². The topological polar surface area (TPSA) is 131 Å². The maximum atomic E-state index is 11.2. The average molecular weight is 311 g/mol. The monoisotopic (exact) mass is 311 g/mol. The van der Waals surface area contributed by atoms with E-state index in [9.17, 15) is 9.59 Å². The highest BCUT2D eigenvalue weighted by Gasteiger charge is 2.17. The van der Waals surface area contributed by atoms with Gasteiger partial charge in [-0.05, 0) is 12.1 Å². The first-order valence-corrected chi connectivity index (χ1v) is 6.36. The molecule has 0 spiro atoms. The zero-order valence-electron chi connectivity index (χ0n) is 11.5. The molecule has 0 aliphatic heterocycles. The SMILES string of the molecule is O=C(O)c1cnc(-c2cc(C(=O)O)nn2-c2cccnc2)cn1. The molecule has 0 bridgehead atoms. The Hall–Kier alpha value is -3.62. The molecule has 0 aliphatic carbocycles. The van der Waals surface area contributed by atoms with Crippen LogP contribution in [-0.2, 0) is 0 Å². The van der Waals surface area contributed by atoms with Crippen molar-refractivity contribution in [2.24, 2.45) is 0 Å². The fourth-order valence-electron chi connectivity index (χ4n) is 1.91. The van der Waals surface area contributed by atoms with Gasteiger partial charge in [0, 0.05) is 12.3 Å². The van der Waals surface area contributed by atoms with Gasteiger partial charge in [-0.3, -0.25) is 9.97 Å². The van der Waals surface area contributed by atoms with Gasteiger partial charge < -0.3 is 10.2 Å². The van der Waals surface area contributed by atoms with Gasteiger partial charge in [-0.1, -0.05) is 0 Å². The molecule has 0 aromatic carbocycles. The largest absolute Gasteiger partial charge is 0.476 e. The summed E-state index contributed by atoms with van der Waals surface area (Å²) in [5, 5.41) is 22.0. The van der Waals surface area contributed by atoms with Crippen LogP contribution in [0.15, 0.2) is 43.0 Å². The van der Waals surface area contributed by atoms with Crippen LogP contribution in [0.1, 0.15) is 21.0 Å². The summed E-state index contributed by atoms with van der Waals surface area (Å²) in [6, 6.07) is 4.72. The van der Waals surface area contributed by atoms with Crippen molar-refractivity contribution in [3.63, 3.8) is 0 Å². The van der Waals surface area contributed by atoms with Crippen molar-refractivity contribution in [3.8, 4) is 17.1 Å². The van der Waals surface area contributed by atoms with E-state index in [1.54, 1.807) is 18.3 Å². The molecule has 0 saturated carbocycles. The summed E-state index contributed by atoms with van der Waals surface area (Å²) in [7, 11) is 0. The highest BCUT2D eigenvalue weighted by molar-refractivity contribution is 5.87. The normalized spacial score (nSPS) is 10.4. The predicted octanol–water partition coefficient (Wildman–Crippen LogP) is 1.12. The summed E-state index contributed by atoms with van der Waals surface area (Å²) < 4.78 is 1.36. The van der Waals surface area contributed by atoms with E-state index in [1.165, 1.54) is 23.1 Å². The molecule has 3 rings (SSSR count). The van der Waals surface area contributed by atoms with Gasteiger partial charge in [0.2, 0.25) is 0 Å². The van der Waals surface area contributed by atoms with Crippen molar-refractivity contribution in [3.05, 3.63) is 54.4 Å². The molecule has 2 N–H and O–H groups in total. The van der Waals surface area contributed by atoms with Crippen LogP contribution in [0, 0.1) is 0 Å². The molecule has 9 heteroatoms. The summed E-state index contributed by atoms with van der Waals surface area (Å²) in [4.78, 5) is 33.7. The molecule has 9 nitrogen and oxygen atoms in total. The maximum absolute atomic E-state index is 11.2. The Balaban J connectivity index is 2.14. The number of pyridine rings is 1. The summed E-state index contributed by atoms with van der Waals surface area (Å²) in [6.45, 7) is 0. The zero-order chi connectivity index (χ0) is 16.4. The summed E-state index contributed by atoms with van der Waals surface area (Å²) >= 11 is 0. The molecule has 23 heavy (non-hydrogen) atoms. The maximum Gasteiger partial charge on any atom is 0.356 e. The van der Waals surface area contributed by atoms with Gasteiger partial charge in [-0.15, -0.1) is 0 Å². The van der Waals surface area contributed by atoms with Crippen LogP contribution in [0.4, 0.5) is 0 Å². The van der Waals surface area contributed by atoms with Gasteiger partial charge in [-0.25, -0.2) is 19.3 Å². The highest BCUT2D eigenvalue weighted by Crippen LogP contribution is 2.21. The predicted molar refractivity (Wildman–Crippen MR) is 76.3 cm³/mol. The molecule has 0 aliphatic rings. The number of nitrogens with zero attached hydrogens (tertiary/aromatic N) is 5. The lowest BCUT2D eigenvalue weighted by Crippen LogP contribution is -2.04. The fourth-order valence-corrected chi connectivity index (χ4v) is 1.91. The Kier molecular flexibility index (Phi) is 3.51. The van der Waals surface area contributed by atoms with E-state index >= 15 is 0 Å². The van der Waals surface area contributed by atoms with Gasteiger partial charge in [0.05, 0.1) is 30.0 Å². The van der Waals surface area contributed by atoms with Crippen molar-refractivity contribution in [1.82, 2.24) is 24.7 Å². The molecule has 3 aromatic rings. The molecule has 3 aromatic heterocycles. The average Bonchev–Trinajstić information content (AvgIpc) is 3.01. The van der Waals surface area contributed by atoms with Gasteiger partial charge in [0.25, 0.3) is 0 Å². The number of aromatic carboxylic acids is 2. The Labute approximate surface area is 128 Å². The second-order valence-electron chi connectivity index (χ2n) is 4.44. The number of rotatable bonds is 4. The molecule has 3 heterocycles. The number of hydrogen-bond donors (Lipinski definition) is 2. The van der Waals surface area contributed by atoms with E-state index in [1.807, 2.05) is 0 Å². The fraction of sp³-hybridized carbons (Fsp3) is 0. The first kappa shape index (κ1) is 14.3. The minimum absolute atomic E-state index is 0.173. The second kappa shape index (κ2) is 5.64. The van der Waals surface area contributed by atoms with Crippen molar-refractivity contribution in [1.29, 1.82) is 0 Å². The smallest absolute Gasteiger partial charge is 0.356 e. The lowest BCUT2D eigenvalue weighted by atomic mass is 10.2. The Bertz CT molecular complexity index is 874. The van der Waals surface area contributed by atoms with Crippen molar-refractivity contribution in [2.75, 3.05) is 0 Å². The number of carboxylic acid groups (broad SMARTS) is 2. The lowest BCUT2D eigenvalue weighted by Gasteiger charge is -2.06. The zero-order valence-corrected chi connectivity index (χ0v) is 11.5. The third-order valence-electron chi connectivity index (χ3n) is 2.95. The van der Waals surface area contributed by atoms with E-state index in [0.29, 0.717) is 17.1 Å². The van der Waals surface area contributed by atoms with Crippen molar-refractivity contribution < 1.29 is 19.8 Å². The third kappa shape index (κ3) is 2.75. The van der Waals surface area contributed by atoms with E-state index in [0.717, 1.165) is 6.20 Å². The molecule has 0 radical (unpaired) electrons. The van der Waals surface area contributed by atoms with Crippen molar-refractivity contribution >= 4 is 11.9 Å². The molecular weight excluding hydrogens is 302 g/mol. The second-order valence-corrected chi connectivity index (χ2v) is 4.44. The van der Waals surface area contributed by atoms with Crippen LogP contribution in [-0.4, -0.2) is 46.9 Å². The first-order valence-electron chi connectivity index (χ1n) is 6.36. The van der Waals surface area contributed by atoms with Crippen LogP contribution in [0.3, 0.4) is 0 Å². The van der Waals surface area contributed by atoms with Crippen LogP contribution >= 0.6 is 0 Å². The molecular formula is C14H9N5O4. The molecule has 0 unspecified atom stereocenters. The van der Waals surface area contributed by atoms with Crippen LogP contribution in [0.25, 0.3) is 17.1 Å². The Morgan fingerprint density at radius 3 is 2.35 bits per heavy atom. The van der Waals surface area contributed by atoms with Gasteiger partial charge >= 0.3 is 11.9 Å². The molecule has 0 saturated heterocycles. The highest BCUT2D eigenvalue weighted by atomic mass is 16.4. The van der Waals surface area contributed by atoms with E-state index in [4.69, 9.17) is 10.2 Å². The van der Waals surface area contributed by atoms with E-state index in [2.05, 4.69) is 20.1 Å². The minimum Gasteiger partial charge on any atom is -0.476 e. The number of aromatic nitrogens is 5. The summed E-state index contributed by atoms with van der Waals surface area (Å²) in [6.07, 6.45) is 5.44. The quantitative estimate of drug-likeness (QED) is 0.732. The minimum atomic E-state index is -1.20. The molecule has 0 atom stereocenters. The summed E-state index contributed by atoms with van der Waals surface area (Å²) in [5.41, 5.74) is 0.811. The molecule has 0 fully saturated rings. The van der Waals surface area contributed by atoms with E-state index in [-0.39, 0.29) is 11.4 Å². The van der Waals surface area contributed by atoms with Crippen molar-refractivity contribution in [2.45, 2.75) is 0 Å². The number of carboxylic acids is 2. The third-order valence-corrected chi connectivity index (χ3v) is 2.95. The molecule has 114 valence electrons. The van der Waals surface area contributed by atoms with Crippen LogP contribution in [0.2, 0.25) is 0 Å². The van der Waals surface area contributed by atoms with Crippen LogP contribution < -0.4 is 0 Å². The first-order chi connectivity index (χ1) is 11.1. The Morgan fingerprint density at radius 1 is 1.00 bits per heavy atom. The van der Waals surface area contributed by atoms with Gasteiger partial charge in [0.15, 0.2) is 11.4 Å².